The van der Waals surface area contributed by atoms with Crippen molar-refractivity contribution in [1.82, 2.24) is 4.90 Å². The number of nitrogens with zero attached hydrogens (tertiary/aromatic N) is 1. The summed E-state index contributed by atoms with van der Waals surface area (Å²) in [6.07, 6.45) is -3.34. The van der Waals surface area contributed by atoms with E-state index in [4.69, 9.17) is 14.2 Å². The van der Waals surface area contributed by atoms with E-state index >= 15 is 0 Å². The first-order chi connectivity index (χ1) is 13.7. The average molecular weight is 424 g/mol. The maximum Gasteiger partial charge on any atom is 0.420 e. The summed E-state index contributed by atoms with van der Waals surface area (Å²) in [5.74, 6) is -0.850. The van der Waals surface area contributed by atoms with E-state index < -0.39 is 41.5 Å². The van der Waals surface area contributed by atoms with Gasteiger partial charge in [0.25, 0.3) is 0 Å². The largest absolute Gasteiger partial charge is 0.459 e. The van der Waals surface area contributed by atoms with Crippen molar-refractivity contribution in [3.63, 3.8) is 0 Å². The van der Waals surface area contributed by atoms with E-state index in [0.717, 1.165) is 5.56 Å². The number of hydrogen-bond donors (Lipinski definition) is 1. The van der Waals surface area contributed by atoms with Crippen LogP contribution in [-0.2, 0) is 25.6 Å². The molecule has 0 saturated heterocycles. The molecule has 2 atom stereocenters. The van der Waals surface area contributed by atoms with Crippen molar-refractivity contribution in [1.29, 1.82) is 0 Å². The molecule has 1 N–H and O–H groups in total. The van der Waals surface area contributed by atoms with Crippen molar-refractivity contribution >= 4 is 18.2 Å². The summed E-state index contributed by atoms with van der Waals surface area (Å²) < 4.78 is 15.9. The van der Waals surface area contributed by atoms with Crippen molar-refractivity contribution in [2.24, 2.45) is 0 Å². The van der Waals surface area contributed by atoms with Gasteiger partial charge in [-0.15, -0.1) is 0 Å². The Morgan fingerprint density at radius 2 is 1.40 bits per heavy atom. The summed E-state index contributed by atoms with van der Waals surface area (Å²) in [5, 5.41) is 9.90. The third kappa shape index (κ3) is 9.26. The molecule has 30 heavy (non-hydrogen) atoms. The van der Waals surface area contributed by atoms with Gasteiger partial charge in [0.15, 0.2) is 0 Å². The van der Waals surface area contributed by atoms with Crippen LogP contribution in [0.3, 0.4) is 0 Å². The predicted octanol–water partition coefficient (Wildman–Crippen LogP) is 4.04. The summed E-state index contributed by atoms with van der Waals surface area (Å²) in [4.78, 5) is 39.0. The fourth-order valence-corrected chi connectivity index (χ4v) is 2.41. The van der Waals surface area contributed by atoms with Gasteiger partial charge in [0.2, 0.25) is 0 Å². The zero-order chi connectivity index (χ0) is 23.1. The highest BCUT2D eigenvalue weighted by Crippen LogP contribution is 2.20. The number of rotatable bonds is 6. The fourth-order valence-electron chi connectivity index (χ4n) is 2.41. The maximum atomic E-state index is 12.8. The smallest absolute Gasteiger partial charge is 0.420 e. The molecule has 0 aliphatic heterocycles. The van der Waals surface area contributed by atoms with Crippen LogP contribution >= 0.6 is 0 Å². The average Bonchev–Trinajstić information content (AvgIpc) is 2.56. The lowest BCUT2D eigenvalue weighted by molar-refractivity contribution is -0.152. The summed E-state index contributed by atoms with van der Waals surface area (Å²) in [5.41, 5.74) is -1.09. The normalized spacial score (nSPS) is 13.7. The molecule has 0 bridgehead atoms. The molecule has 0 saturated carbocycles. The Balaban J connectivity index is 3.18. The number of benzene rings is 1. The molecule has 0 aliphatic carbocycles. The Bertz CT molecular complexity index is 689. The lowest BCUT2D eigenvalue weighted by Crippen LogP contribution is -2.53. The number of aliphatic hydroxyl groups is 1. The van der Waals surface area contributed by atoms with Crippen LogP contribution in [0.1, 0.15) is 60.5 Å². The van der Waals surface area contributed by atoms with Crippen molar-refractivity contribution < 1.29 is 33.7 Å². The molecule has 0 aliphatic rings. The summed E-state index contributed by atoms with van der Waals surface area (Å²) >= 11 is 0. The van der Waals surface area contributed by atoms with Crippen LogP contribution in [0.15, 0.2) is 30.3 Å². The van der Waals surface area contributed by atoms with Gasteiger partial charge in [-0.1, -0.05) is 30.3 Å². The Hall–Kier alpha value is -2.61. The van der Waals surface area contributed by atoms with Crippen molar-refractivity contribution in [2.75, 3.05) is 0 Å². The van der Waals surface area contributed by atoms with E-state index in [1.165, 1.54) is 6.92 Å². The molecule has 8 heteroatoms. The lowest BCUT2D eigenvalue weighted by Gasteiger charge is -2.32. The van der Waals surface area contributed by atoms with Gasteiger partial charge in [0.05, 0.1) is 6.10 Å². The van der Waals surface area contributed by atoms with Crippen LogP contribution in [-0.4, -0.2) is 51.5 Å². The third-order valence-electron chi connectivity index (χ3n) is 3.55. The number of carbonyl (C=O) groups is 3. The van der Waals surface area contributed by atoms with Gasteiger partial charge >= 0.3 is 18.2 Å². The monoisotopic (exact) mass is 423 g/mol. The van der Waals surface area contributed by atoms with Crippen LogP contribution in [0, 0.1) is 0 Å². The Morgan fingerprint density at radius 1 is 0.933 bits per heavy atom. The quantitative estimate of drug-likeness (QED) is 0.544. The van der Waals surface area contributed by atoms with Gasteiger partial charge in [0.1, 0.15) is 23.9 Å². The van der Waals surface area contributed by atoms with Crippen LogP contribution in [0.4, 0.5) is 9.59 Å². The second kappa shape index (κ2) is 10.4. The Labute approximate surface area is 178 Å². The molecule has 2 amide bonds. The maximum absolute atomic E-state index is 12.8. The van der Waals surface area contributed by atoms with E-state index in [1.54, 1.807) is 65.8 Å². The highest BCUT2D eigenvalue weighted by molar-refractivity contribution is 5.94. The molecule has 0 spiro atoms. The van der Waals surface area contributed by atoms with Gasteiger partial charge in [-0.25, -0.2) is 14.4 Å². The van der Waals surface area contributed by atoms with E-state index in [2.05, 4.69) is 0 Å². The predicted molar refractivity (Wildman–Crippen MR) is 111 cm³/mol. The number of esters is 1. The first-order valence-electron chi connectivity index (χ1n) is 9.83. The molecule has 0 aromatic heterocycles. The van der Waals surface area contributed by atoms with Crippen LogP contribution < -0.4 is 0 Å². The molecule has 0 fully saturated rings. The Kier molecular flexibility index (Phi) is 8.84. The van der Waals surface area contributed by atoms with Crippen molar-refractivity contribution in [3.8, 4) is 0 Å². The molecule has 1 rings (SSSR count). The molecule has 0 heterocycles. The molecule has 168 valence electrons. The van der Waals surface area contributed by atoms with Crippen LogP contribution in [0.2, 0.25) is 0 Å². The fraction of sp³-hybridized carbons (Fsp3) is 0.591. The van der Waals surface area contributed by atoms with Gasteiger partial charge in [-0.3, -0.25) is 0 Å². The van der Waals surface area contributed by atoms with E-state index in [0.29, 0.717) is 4.90 Å². The van der Waals surface area contributed by atoms with Gasteiger partial charge < -0.3 is 19.3 Å². The van der Waals surface area contributed by atoms with Gasteiger partial charge in [-0.2, -0.15) is 4.90 Å². The Morgan fingerprint density at radius 3 is 1.80 bits per heavy atom. The topological polar surface area (TPSA) is 102 Å². The number of aliphatic hydroxyl groups excluding tert-OH is 1. The van der Waals surface area contributed by atoms with Crippen molar-refractivity contribution in [2.45, 2.75) is 84.8 Å². The van der Waals surface area contributed by atoms with Crippen LogP contribution in [0.5, 0.6) is 0 Å². The second-order valence-corrected chi connectivity index (χ2v) is 9.02. The zero-order valence-corrected chi connectivity index (χ0v) is 18.8. The number of carbonyl (C=O) groups excluding carboxylic acids is 3. The highest BCUT2D eigenvalue weighted by atomic mass is 16.6. The molecule has 2 unspecified atom stereocenters. The number of hydrogen-bond acceptors (Lipinski definition) is 7. The lowest BCUT2D eigenvalue weighted by atomic mass is 10.1. The zero-order valence-electron chi connectivity index (χ0n) is 18.8. The summed E-state index contributed by atoms with van der Waals surface area (Å²) in [6, 6.07) is 7.55. The molecular weight excluding hydrogens is 390 g/mol. The molecule has 1 aromatic rings. The molecular formula is C22H33NO7. The number of imide groups is 1. The molecule has 1 aromatic carbocycles. The number of ether oxygens (including phenoxy) is 3. The summed E-state index contributed by atoms with van der Waals surface area (Å²) in [7, 11) is 0. The third-order valence-corrected chi connectivity index (χ3v) is 3.55. The van der Waals surface area contributed by atoms with E-state index in [1.807, 2.05) is 6.07 Å². The van der Waals surface area contributed by atoms with Crippen LogP contribution in [0.25, 0.3) is 0 Å². The van der Waals surface area contributed by atoms with E-state index in [-0.39, 0.29) is 13.0 Å². The minimum atomic E-state index is -1.42. The standard InChI is InChI=1S/C22H33NO7/c1-15(24)13-17(18(25)28-14-16-11-9-8-10-12-16)23(19(26)29-21(2,3)4)20(27)30-22(5,6)7/h8-12,15,17,24H,13-14H2,1-7H3. The highest BCUT2D eigenvalue weighted by Gasteiger charge is 2.41. The molecule has 0 radical (unpaired) electrons. The second-order valence-electron chi connectivity index (χ2n) is 9.02. The number of amides is 2. The minimum absolute atomic E-state index is 0.0491. The van der Waals surface area contributed by atoms with Crippen molar-refractivity contribution in [3.05, 3.63) is 35.9 Å². The summed E-state index contributed by atoms with van der Waals surface area (Å²) in [6.45, 7) is 11.2. The molecule has 8 nitrogen and oxygen atoms in total. The van der Waals surface area contributed by atoms with Gasteiger partial charge in [0, 0.05) is 6.42 Å². The SMILES string of the molecule is CC(O)CC(C(=O)OCc1ccccc1)N(C(=O)OC(C)(C)C)C(=O)OC(C)(C)C. The van der Waals surface area contributed by atoms with Gasteiger partial charge in [-0.05, 0) is 54.0 Å². The van der Waals surface area contributed by atoms with E-state index in [9.17, 15) is 19.5 Å². The first kappa shape index (κ1) is 25.4. The minimum Gasteiger partial charge on any atom is -0.459 e. The first-order valence-corrected chi connectivity index (χ1v) is 9.83.